The van der Waals surface area contributed by atoms with E-state index in [9.17, 15) is 0 Å². The third kappa shape index (κ3) is 4.03. The van der Waals surface area contributed by atoms with Crippen molar-refractivity contribution >= 4 is 33.0 Å². The minimum absolute atomic E-state index is 0.0787. The minimum atomic E-state index is -0.150. The first-order valence-corrected chi connectivity index (χ1v) is 13.6. The molecule has 0 unspecified atom stereocenters. The van der Waals surface area contributed by atoms with Gasteiger partial charge in [-0.15, -0.1) is 0 Å². The van der Waals surface area contributed by atoms with Crippen LogP contribution in [-0.4, -0.2) is 14.5 Å². The van der Waals surface area contributed by atoms with Gasteiger partial charge in [0.2, 0.25) is 0 Å². The van der Waals surface area contributed by atoms with Gasteiger partial charge in [-0.3, -0.25) is 0 Å². The van der Waals surface area contributed by atoms with Crippen LogP contribution in [0.1, 0.15) is 58.6 Å². The molecule has 0 aliphatic heterocycles. The van der Waals surface area contributed by atoms with Gasteiger partial charge in [-0.25, -0.2) is 19.1 Å². The highest BCUT2D eigenvalue weighted by molar-refractivity contribution is 6.10. The summed E-state index contributed by atoms with van der Waals surface area (Å²) in [5.74, 6) is 1.99. The van der Waals surface area contributed by atoms with Crippen LogP contribution in [0.25, 0.3) is 55.6 Å². The molecule has 39 heavy (non-hydrogen) atoms. The number of aryl methyl sites for hydroxylation is 3. The van der Waals surface area contributed by atoms with Crippen molar-refractivity contribution in [2.45, 2.75) is 59.3 Å². The lowest BCUT2D eigenvalue weighted by Gasteiger charge is -2.23. The third-order valence-corrected chi connectivity index (χ3v) is 7.77. The van der Waals surface area contributed by atoms with Crippen LogP contribution in [0, 0.1) is 6.92 Å². The molecule has 6 aromatic rings. The van der Waals surface area contributed by atoms with Crippen molar-refractivity contribution in [3.05, 3.63) is 77.7 Å². The molecule has 5 nitrogen and oxygen atoms in total. The van der Waals surface area contributed by atoms with Gasteiger partial charge in [-0.2, -0.15) is 0 Å². The van der Waals surface area contributed by atoms with Crippen molar-refractivity contribution < 1.29 is 8.98 Å². The average Bonchev–Trinajstić information content (AvgIpc) is 3.37. The van der Waals surface area contributed by atoms with E-state index in [0.717, 1.165) is 56.1 Å². The van der Waals surface area contributed by atoms with E-state index in [1.807, 2.05) is 0 Å². The molecule has 3 aromatic carbocycles. The van der Waals surface area contributed by atoms with Gasteiger partial charge >= 0.3 is 0 Å². The summed E-state index contributed by atoms with van der Waals surface area (Å²) in [6.07, 6.45) is 0. The highest BCUT2D eigenvalue weighted by atomic mass is 16.3. The topological polar surface area (TPSA) is 47.7 Å². The maximum absolute atomic E-state index is 6.61. The molecule has 0 fully saturated rings. The van der Waals surface area contributed by atoms with Crippen molar-refractivity contribution in [1.29, 1.82) is 0 Å². The third-order valence-electron chi connectivity index (χ3n) is 7.77. The maximum atomic E-state index is 6.61. The van der Waals surface area contributed by atoms with E-state index in [4.69, 9.17) is 14.4 Å². The van der Waals surface area contributed by atoms with Crippen molar-refractivity contribution in [2.24, 2.45) is 14.1 Å². The summed E-state index contributed by atoms with van der Waals surface area (Å²) in [5, 5.41) is 2.21. The summed E-state index contributed by atoms with van der Waals surface area (Å²) in [7, 11) is 4.26. The zero-order chi connectivity index (χ0) is 27.9. The Labute approximate surface area is 230 Å². The maximum Gasteiger partial charge on any atom is 0.293 e. The Morgan fingerprint density at radius 1 is 0.821 bits per heavy atom. The summed E-state index contributed by atoms with van der Waals surface area (Å²) in [6.45, 7) is 15.3. The zero-order valence-corrected chi connectivity index (χ0v) is 24.5. The molecular weight excluding hydrogens is 480 g/mol. The highest BCUT2D eigenvalue weighted by Crippen LogP contribution is 2.39. The highest BCUT2D eigenvalue weighted by Gasteiger charge is 2.28. The van der Waals surface area contributed by atoms with Crippen LogP contribution < -0.4 is 4.57 Å². The number of aromatic nitrogens is 4. The van der Waals surface area contributed by atoms with Gasteiger partial charge in [0.15, 0.2) is 16.6 Å². The minimum Gasteiger partial charge on any atom is -0.455 e. The fourth-order valence-corrected chi connectivity index (χ4v) is 5.51. The van der Waals surface area contributed by atoms with Crippen molar-refractivity contribution in [1.82, 2.24) is 14.5 Å². The van der Waals surface area contributed by atoms with Crippen molar-refractivity contribution in [3.63, 3.8) is 0 Å². The van der Waals surface area contributed by atoms with E-state index in [0.29, 0.717) is 0 Å². The molecule has 0 amide bonds. The normalized spacial score (nSPS) is 12.7. The van der Waals surface area contributed by atoms with E-state index in [2.05, 4.69) is 132 Å². The van der Waals surface area contributed by atoms with E-state index in [1.54, 1.807) is 0 Å². The number of para-hydroxylation sites is 2. The van der Waals surface area contributed by atoms with Gasteiger partial charge < -0.3 is 4.42 Å². The Bertz CT molecular complexity index is 1840. The lowest BCUT2D eigenvalue weighted by molar-refractivity contribution is -0.634. The number of rotatable bonds is 2. The Balaban J connectivity index is 1.60. The molecule has 198 valence electrons. The molecule has 0 saturated carbocycles. The molecule has 0 spiro atoms. The molecule has 0 radical (unpaired) electrons. The fraction of sp³-hybridized carbons (Fsp3) is 0.324. The second-order valence-corrected chi connectivity index (χ2v) is 12.8. The quantitative estimate of drug-likeness (QED) is 0.219. The number of fused-ring (bicyclic) bond motifs is 4. The molecule has 5 heteroatoms. The Morgan fingerprint density at radius 2 is 1.56 bits per heavy atom. The van der Waals surface area contributed by atoms with E-state index >= 15 is 0 Å². The predicted octanol–water partition coefficient (Wildman–Crippen LogP) is 7.93. The summed E-state index contributed by atoms with van der Waals surface area (Å²) in [4.78, 5) is 10.00. The molecule has 0 aliphatic carbocycles. The molecule has 3 aromatic heterocycles. The smallest absolute Gasteiger partial charge is 0.293 e. The molecule has 0 aliphatic rings. The predicted molar refractivity (Wildman–Crippen MR) is 160 cm³/mol. The first-order chi connectivity index (χ1) is 18.3. The fourth-order valence-electron chi connectivity index (χ4n) is 5.51. The standard InChI is InChI=1S/C34H37N4O/c1-20-14-16-22-23-18-21(24-19-28(33(2,3)4)36-32(35-24)34(5,6)7)15-17-27(23)39-30(22)29(20)31-37(8)25-12-10-11-13-26(25)38(31)9/h10-19H,1-9H3/q+1. The Morgan fingerprint density at radius 3 is 2.26 bits per heavy atom. The Hall–Kier alpha value is -3.99. The van der Waals surface area contributed by atoms with Crippen LogP contribution in [0.4, 0.5) is 0 Å². The molecular formula is C34H37N4O+. The number of hydrogen-bond donors (Lipinski definition) is 0. The number of hydrogen-bond acceptors (Lipinski definition) is 3. The number of benzene rings is 3. The zero-order valence-electron chi connectivity index (χ0n) is 24.5. The molecule has 0 saturated heterocycles. The monoisotopic (exact) mass is 517 g/mol. The first kappa shape index (κ1) is 25.3. The number of imidazole rings is 1. The second kappa shape index (κ2) is 8.51. The van der Waals surface area contributed by atoms with E-state index in [1.165, 1.54) is 16.6 Å². The summed E-state index contributed by atoms with van der Waals surface area (Å²) in [6, 6.07) is 21.5. The van der Waals surface area contributed by atoms with Crippen LogP contribution in [0.3, 0.4) is 0 Å². The van der Waals surface area contributed by atoms with Crippen molar-refractivity contribution in [2.75, 3.05) is 0 Å². The van der Waals surface area contributed by atoms with Gasteiger partial charge in [0.05, 0.1) is 25.5 Å². The largest absolute Gasteiger partial charge is 0.455 e. The van der Waals surface area contributed by atoms with Crippen LogP contribution in [-0.2, 0) is 24.9 Å². The molecule has 6 rings (SSSR count). The van der Waals surface area contributed by atoms with Gasteiger partial charge in [0.1, 0.15) is 17.0 Å². The molecule has 3 heterocycles. The summed E-state index contributed by atoms with van der Waals surface area (Å²) >= 11 is 0. The van der Waals surface area contributed by atoms with Gasteiger partial charge in [-0.05, 0) is 48.9 Å². The molecule has 0 atom stereocenters. The van der Waals surface area contributed by atoms with E-state index < -0.39 is 0 Å². The Kier molecular flexibility index (Phi) is 5.52. The molecule has 0 bridgehead atoms. The summed E-state index contributed by atoms with van der Waals surface area (Å²) < 4.78 is 11.1. The summed E-state index contributed by atoms with van der Waals surface area (Å²) in [5.41, 5.74) is 9.33. The van der Waals surface area contributed by atoms with Crippen LogP contribution in [0.15, 0.2) is 65.1 Å². The van der Waals surface area contributed by atoms with E-state index in [-0.39, 0.29) is 10.8 Å². The van der Waals surface area contributed by atoms with Crippen molar-refractivity contribution in [3.8, 4) is 22.6 Å². The van der Waals surface area contributed by atoms with Gasteiger partial charge in [0.25, 0.3) is 5.82 Å². The van der Waals surface area contributed by atoms with Gasteiger partial charge in [-0.1, -0.05) is 65.8 Å². The lowest BCUT2D eigenvalue weighted by Crippen LogP contribution is -2.30. The lowest BCUT2D eigenvalue weighted by atomic mass is 9.89. The van der Waals surface area contributed by atoms with Gasteiger partial charge in [0, 0.05) is 27.2 Å². The van der Waals surface area contributed by atoms with Crippen LogP contribution in [0.5, 0.6) is 0 Å². The van der Waals surface area contributed by atoms with Crippen LogP contribution in [0.2, 0.25) is 0 Å². The average molecular weight is 518 g/mol. The molecule has 0 N–H and O–H groups in total. The first-order valence-electron chi connectivity index (χ1n) is 13.6. The SMILES string of the molecule is Cc1ccc2c(oc3ccc(-c4cc(C(C)(C)C)nc(C(C)(C)C)n4)cc32)c1-c1n(C)c2ccccc2[n+]1C. The second-order valence-electron chi connectivity index (χ2n) is 12.8. The van der Waals surface area contributed by atoms with Crippen LogP contribution >= 0.6 is 0 Å². The number of nitrogens with zero attached hydrogens (tertiary/aromatic N) is 4. The number of furan rings is 1.